The zero-order chi connectivity index (χ0) is 12.0. The monoisotopic (exact) mass is 302 g/mol. The first-order chi connectivity index (χ1) is 7.63. The van der Waals surface area contributed by atoms with Gasteiger partial charge in [-0.1, -0.05) is 15.9 Å². The molecule has 3 N–H and O–H groups in total. The average Bonchev–Trinajstić information content (AvgIpc) is 2.26. The third-order valence-electron chi connectivity index (χ3n) is 2.18. The van der Waals surface area contributed by atoms with Gasteiger partial charge in [0.15, 0.2) is 0 Å². The van der Waals surface area contributed by atoms with Crippen LogP contribution in [0.1, 0.15) is 6.42 Å². The fourth-order valence-electron chi connectivity index (χ4n) is 1.25. The Kier molecular flexibility index (Phi) is 5.87. The van der Waals surface area contributed by atoms with Crippen LogP contribution in [0.4, 0.5) is 0 Å². The molecule has 1 rings (SSSR count). The summed E-state index contributed by atoms with van der Waals surface area (Å²) < 4.78 is 1.07. The normalized spacial score (nSPS) is 12.4. The van der Waals surface area contributed by atoms with Gasteiger partial charge in [-0.05, 0) is 43.5 Å². The molecule has 16 heavy (non-hydrogen) atoms. The van der Waals surface area contributed by atoms with Crippen molar-refractivity contribution in [1.29, 1.82) is 0 Å². The molecule has 1 aromatic carbocycles. The third-order valence-corrected chi connectivity index (χ3v) is 3.75. The van der Waals surface area contributed by atoms with Crippen LogP contribution in [0.25, 0.3) is 0 Å². The Hall–Kier alpha value is -0.520. The van der Waals surface area contributed by atoms with Crippen molar-refractivity contribution in [2.45, 2.75) is 17.4 Å². The van der Waals surface area contributed by atoms with Crippen molar-refractivity contribution in [1.82, 2.24) is 5.32 Å². The lowest BCUT2D eigenvalue weighted by atomic mass is 10.2. The van der Waals surface area contributed by atoms with Gasteiger partial charge < -0.3 is 11.1 Å². The standard InChI is InChI=1S/C11H15BrN2OS/c1-14-10(11(13)15)6-7-16-9-4-2-8(12)3-5-9/h2-5,10,14H,6-7H2,1H3,(H2,13,15). The van der Waals surface area contributed by atoms with Crippen molar-refractivity contribution >= 4 is 33.6 Å². The molecule has 0 fully saturated rings. The smallest absolute Gasteiger partial charge is 0.234 e. The topological polar surface area (TPSA) is 55.1 Å². The number of amides is 1. The SMILES string of the molecule is CNC(CCSc1ccc(Br)cc1)C(N)=O. The Morgan fingerprint density at radius 1 is 1.50 bits per heavy atom. The van der Waals surface area contributed by atoms with Crippen LogP contribution in [-0.4, -0.2) is 24.7 Å². The molecule has 0 saturated carbocycles. The molecule has 0 spiro atoms. The molecule has 0 aliphatic carbocycles. The summed E-state index contributed by atoms with van der Waals surface area (Å²) >= 11 is 5.11. The van der Waals surface area contributed by atoms with Crippen molar-refractivity contribution in [2.24, 2.45) is 5.73 Å². The fourth-order valence-corrected chi connectivity index (χ4v) is 2.44. The Balaban J connectivity index is 2.35. The van der Waals surface area contributed by atoms with Crippen molar-refractivity contribution in [3.8, 4) is 0 Å². The predicted octanol–water partition coefficient (Wildman–Crippen LogP) is 2.00. The highest BCUT2D eigenvalue weighted by molar-refractivity contribution is 9.10. The lowest BCUT2D eigenvalue weighted by Crippen LogP contribution is -2.39. The first-order valence-corrected chi connectivity index (χ1v) is 6.76. The summed E-state index contributed by atoms with van der Waals surface area (Å²) in [4.78, 5) is 12.2. The quantitative estimate of drug-likeness (QED) is 0.790. The van der Waals surface area contributed by atoms with Crippen molar-refractivity contribution in [3.63, 3.8) is 0 Å². The van der Waals surface area contributed by atoms with E-state index in [2.05, 4.69) is 21.2 Å². The average molecular weight is 303 g/mol. The van der Waals surface area contributed by atoms with E-state index in [1.165, 1.54) is 4.90 Å². The molecule has 0 aliphatic heterocycles. The van der Waals surface area contributed by atoms with Crippen LogP contribution in [-0.2, 0) is 4.79 Å². The first-order valence-electron chi connectivity index (χ1n) is 4.98. The van der Waals surface area contributed by atoms with E-state index in [1.807, 2.05) is 24.3 Å². The number of carbonyl (C=O) groups is 1. The maximum absolute atomic E-state index is 11.0. The van der Waals surface area contributed by atoms with Gasteiger partial charge in [-0.2, -0.15) is 0 Å². The zero-order valence-electron chi connectivity index (χ0n) is 9.07. The second-order valence-electron chi connectivity index (χ2n) is 3.33. The number of likely N-dealkylation sites (N-methyl/N-ethyl adjacent to an activating group) is 1. The second-order valence-corrected chi connectivity index (χ2v) is 5.42. The number of rotatable bonds is 6. The van der Waals surface area contributed by atoms with Gasteiger partial charge in [-0.15, -0.1) is 11.8 Å². The minimum atomic E-state index is -0.293. The van der Waals surface area contributed by atoms with Crippen LogP contribution in [0, 0.1) is 0 Å². The highest BCUT2D eigenvalue weighted by Gasteiger charge is 2.11. The predicted molar refractivity (Wildman–Crippen MR) is 71.5 cm³/mol. The minimum Gasteiger partial charge on any atom is -0.368 e. The molecule has 1 aromatic rings. The Labute approximate surface area is 108 Å². The molecular formula is C11H15BrN2OS. The molecule has 0 radical (unpaired) electrons. The molecule has 5 heteroatoms. The van der Waals surface area contributed by atoms with Gasteiger partial charge in [0, 0.05) is 9.37 Å². The maximum atomic E-state index is 11.0. The lowest BCUT2D eigenvalue weighted by molar-refractivity contribution is -0.119. The summed E-state index contributed by atoms with van der Waals surface area (Å²) in [5.74, 6) is 0.578. The van der Waals surface area contributed by atoms with Gasteiger partial charge in [0.25, 0.3) is 0 Å². The van der Waals surface area contributed by atoms with Crippen LogP contribution in [0.2, 0.25) is 0 Å². The van der Waals surface area contributed by atoms with E-state index < -0.39 is 0 Å². The van der Waals surface area contributed by atoms with Gasteiger partial charge in [-0.25, -0.2) is 0 Å². The number of hydrogen-bond acceptors (Lipinski definition) is 3. The molecule has 0 aromatic heterocycles. The highest BCUT2D eigenvalue weighted by Crippen LogP contribution is 2.21. The van der Waals surface area contributed by atoms with Crippen LogP contribution in [0.5, 0.6) is 0 Å². The van der Waals surface area contributed by atoms with Crippen molar-refractivity contribution in [2.75, 3.05) is 12.8 Å². The highest BCUT2D eigenvalue weighted by atomic mass is 79.9. The van der Waals surface area contributed by atoms with Crippen LogP contribution in [0.15, 0.2) is 33.6 Å². The summed E-state index contributed by atoms with van der Waals surface area (Å²) in [6, 6.07) is 7.88. The number of thioether (sulfide) groups is 1. The van der Waals surface area contributed by atoms with Crippen LogP contribution < -0.4 is 11.1 Å². The zero-order valence-corrected chi connectivity index (χ0v) is 11.5. The summed E-state index contributed by atoms with van der Waals surface area (Å²) in [5.41, 5.74) is 5.23. The Morgan fingerprint density at radius 2 is 2.12 bits per heavy atom. The van der Waals surface area contributed by atoms with E-state index in [4.69, 9.17) is 5.73 Å². The molecule has 1 amide bonds. The number of nitrogens with two attached hydrogens (primary N) is 1. The summed E-state index contributed by atoms with van der Waals surface area (Å²) in [6.45, 7) is 0. The van der Waals surface area contributed by atoms with Gasteiger partial charge in [-0.3, -0.25) is 4.79 Å². The largest absolute Gasteiger partial charge is 0.368 e. The van der Waals surface area contributed by atoms with E-state index >= 15 is 0 Å². The van der Waals surface area contributed by atoms with Crippen molar-refractivity contribution in [3.05, 3.63) is 28.7 Å². The molecule has 0 bridgehead atoms. The number of hydrogen-bond donors (Lipinski definition) is 2. The molecule has 3 nitrogen and oxygen atoms in total. The molecule has 1 unspecified atom stereocenters. The van der Waals surface area contributed by atoms with E-state index in [-0.39, 0.29) is 11.9 Å². The molecule has 0 saturated heterocycles. The van der Waals surface area contributed by atoms with Gasteiger partial charge in [0.2, 0.25) is 5.91 Å². The van der Waals surface area contributed by atoms with E-state index in [9.17, 15) is 4.79 Å². The number of carbonyl (C=O) groups excluding carboxylic acids is 1. The number of nitrogens with one attached hydrogen (secondary N) is 1. The summed E-state index contributed by atoms with van der Waals surface area (Å²) in [7, 11) is 1.75. The molecule has 1 atom stereocenters. The molecule has 0 heterocycles. The lowest BCUT2D eigenvalue weighted by Gasteiger charge is -2.11. The summed E-state index contributed by atoms with van der Waals surface area (Å²) in [5, 5.41) is 2.90. The maximum Gasteiger partial charge on any atom is 0.234 e. The van der Waals surface area contributed by atoms with E-state index in [0.717, 1.165) is 16.6 Å². The van der Waals surface area contributed by atoms with E-state index in [1.54, 1.807) is 18.8 Å². The van der Waals surface area contributed by atoms with Gasteiger partial charge >= 0.3 is 0 Å². The van der Waals surface area contributed by atoms with Gasteiger partial charge in [0.05, 0.1) is 6.04 Å². The second kappa shape index (κ2) is 6.93. The van der Waals surface area contributed by atoms with Crippen LogP contribution in [0.3, 0.4) is 0 Å². The summed E-state index contributed by atoms with van der Waals surface area (Å²) in [6.07, 6.45) is 0.743. The molecular weight excluding hydrogens is 288 g/mol. The minimum absolute atomic E-state index is 0.233. The van der Waals surface area contributed by atoms with Crippen molar-refractivity contribution < 1.29 is 4.79 Å². The Morgan fingerprint density at radius 3 is 2.62 bits per heavy atom. The number of halogens is 1. The third kappa shape index (κ3) is 4.55. The van der Waals surface area contributed by atoms with E-state index in [0.29, 0.717) is 0 Å². The van der Waals surface area contributed by atoms with Crippen LogP contribution >= 0.6 is 27.7 Å². The number of primary amides is 1. The fraction of sp³-hybridized carbons (Fsp3) is 0.364. The number of benzene rings is 1. The molecule has 0 aliphatic rings. The Bertz CT molecular complexity index is 342. The van der Waals surface area contributed by atoms with Gasteiger partial charge in [0.1, 0.15) is 0 Å². The molecule has 88 valence electrons. The first kappa shape index (κ1) is 13.5.